The lowest BCUT2D eigenvalue weighted by atomic mass is 9.82. The third-order valence-electron chi connectivity index (χ3n) is 5.85. The Morgan fingerprint density at radius 1 is 1.21 bits per heavy atom. The highest BCUT2D eigenvalue weighted by Gasteiger charge is 2.57. The molecule has 2 aliphatic rings. The van der Waals surface area contributed by atoms with Crippen LogP contribution >= 0.6 is 0 Å². The van der Waals surface area contributed by atoms with Gasteiger partial charge < -0.3 is 30.5 Å². The molecule has 0 unspecified atom stereocenters. The number of hydrogen-bond acceptors (Lipinski definition) is 8. The Morgan fingerprint density at radius 3 is 2.41 bits per heavy atom. The summed E-state index contributed by atoms with van der Waals surface area (Å²) in [5.74, 6) is -2.65. The molecule has 1 fully saturated rings. The maximum absolute atomic E-state index is 13.0. The molecule has 0 aliphatic carbocycles. The van der Waals surface area contributed by atoms with Crippen molar-refractivity contribution in [1.82, 2.24) is 4.90 Å². The number of nitrogens with one attached hydrogen (secondary N) is 1. The Hall–Kier alpha value is -3.40. The Morgan fingerprint density at radius 2 is 1.85 bits per heavy atom. The second-order valence-corrected chi connectivity index (χ2v) is 9.53. The molecule has 34 heavy (non-hydrogen) atoms. The van der Waals surface area contributed by atoms with E-state index < -0.39 is 42.1 Å². The normalized spacial score (nSPS) is 20.4. The molecule has 0 radical (unpaired) electrons. The van der Waals surface area contributed by atoms with Crippen molar-refractivity contribution in [1.29, 1.82) is 0 Å². The zero-order valence-corrected chi connectivity index (χ0v) is 19.8. The highest BCUT2D eigenvalue weighted by molar-refractivity contribution is 6.06. The van der Waals surface area contributed by atoms with Gasteiger partial charge in [-0.1, -0.05) is 12.1 Å². The fraction of sp³-hybridized carbons (Fsp3) is 0.500. The number of carbonyl (C=O) groups is 4. The first-order chi connectivity index (χ1) is 15.9. The summed E-state index contributed by atoms with van der Waals surface area (Å²) in [5.41, 5.74) is 6.58. The van der Waals surface area contributed by atoms with Crippen LogP contribution < -0.4 is 11.1 Å². The zero-order chi connectivity index (χ0) is 25.2. The summed E-state index contributed by atoms with van der Waals surface area (Å²) in [6.45, 7) is 6.42. The topological polar surface area (TPSA) is 148 Å². The van der Waals surface area contributed by atoms with Crippen LogP contribution in [0.25, 0.3) is 5.57 Å². The van der Waals surface area contributed by atoms with Gasteiger partial charge in [0.05, 0.1) is 23.5 Å². The molecule has 0 bridgehead atoms. The second kappa shape index (κ2) is 9.84. The molecule has 0 saturated carbocycles. The van der Waals surface area contributed by atoms with Crippen LogP contribution in [0.15, 0.2) is 30.0 Å². The van der Waals surface area contributed by atoms with Crippen molar-refractivity contribution in [3.8, 4) is 0 Å². The summed E-state index contributed by atoms with van der Waals surface area (Å²) in [7, 11) is 0. The van der Waals surface area contributed by atoms with Crippen LogP contribution in [0.5, 0.6) is 0 Å². The molecule has 0 aromatic heterocycles. The molecule has 4 N–H and O–H groups in total. The average Bonchev–Trinajstić information content (AvgIpc) is 3.08. The van der Waals surface area contributed by atoms with Crippen molar-refractivity contribution >= 4 is 35.0 Å². The van der Waals surface area contributed by atoms with Gasteiger partial charge in [0.2, 0.25) is 18.6 Å². The van der Waals surface area contributed by atoms with Crippen LogP contribution in [0.4, 0.5) is 5.69 Å². The van der Waals surface area contributed by atoms with Crippen molar-refractivity contribution in [2.45, 2.75) is 52.7 Å². The summed E-state index contributed by atoms with van der Waals surface area (Å²) in [4.78, 5) is 49.9. The van der Waals surface area contributed by atoms with Gasteiger partial charge in [0.1, 0.15) is 5.70 Å². The van der Waals surface area contributed by atoms with Crippen molar-refractivity contribution in [2.24, 2.45) is 17.1 Å². The molecule has 10 nitrogen and oxygen atoms in total. The lowest BCUT2D eigenvalue weighted by molar-refractivity contribution is -0.175. The predicted octanol–water partition coefficient (Wildman–Crippen LogP) is 1.39. The van der Waals surface area contributed by atoms with Crippen molar-refractivity contribution in [2.75, 3.05) is 18.7 Å². The minimum absolute atomic E-state index is 0.0909. The van der Waals surface area contributed by atoms with Crippen LogP contribution in [0.2, 0.25) is 0 Å². The van der Waals surface area contributed by atoms with E-state index in [9.17, 15) is 24.3 Å². The SMILES string of the molecule is C[C@@H](O)[C@H]1C(=O)N2C(C(=O)OCOC(=O)C(C)(C)C)=C(c3ccc(NCCC(N)=O)cc3)C[C@H]12. The highest BCUT2D eigenvalue weighted by Crippen LogP contribution is 2.47. The minimum atomic E-state index is -0.852. The maximum atomic E-state index is 13.0. The van der Waals surface area contributed by atoms with Crippen molar-refractivity contribution in [3.63, 3.8) is 0 Å². The number of anilines is 1. The third kappa shape index (κ3) is 5.22. The number of primary amides is 1. The number of nitrogens with two attached hydrogens (primary N) is 1. The number of esters is 2. The molecule has 0 spiro atoms. The fourth-order valence-electron chi connectivity index (χ4n) is 4.06. The number of amides is 2. The summed E-state index contributed by atoms with van der Waals surface area (Å²) in [6.07, 6.45) is -0.278. The van der Waals surface area contributed by atoms with E-state index in [1.165, 1.54) is 4.90 Å². The predicted molar refractivity (Wildman–Crippen MR) is 123 cm³/mol. The Kier molecular flexibility index (Phi) is 7.30. The Bertz CT molecular complexity index is 1010. The quantitative estimate of drug-likeness (QED) is 0.277. The molecule has 1 saturated heterocycles. The van der Waals surface area contributed by atoms with E-state index in [0.29, 0.717) is 24.1 Å². The monoisotopic (exact) mass is 473 g/mol. The number of ether oxygens (including phenoxy) is 2. The first-order valence-electron chi connectivity index (χ1n) is 11.1. The number of β-lactam (4-membered cyclic amide) rings is 1. The van der Waals surface area contributed by atoms with E-state index in [4.69, 9.17) is 15.2 Å². The molecule has 2 heterocycles. The van der Waals surface area contributed by atoms with Gasteiger partial charge in [-0.25, -0.2) is 4.79 Å². The van der Waals surface area contributed by atoms with Crippen LogP contribution in [0.3, 0.4) is 0 Å². The molecule has 2 aliphatic heterocycles. The Labute approximate surface area is 198 Å². The number of benzene rings is 1. The van der Waals surface area contributed by atoms with E-state index in [-0.39, 0.29) is 24.1 Å². The van der Waals surface area contributed by atoms with Gasteiger partial charge >= 0.3 is 11.9 Å². The van der Waals surface area contributed by atoms with E-state index in [1.807, 2.05) is 0 Å². The number of fused-ring (bicyclic) bond motifs is 1. The highest BCUT2D eigenvalue weighted by atomic mass is 16.7. The number of carbonyl (C=O) groups excluding carboxylic acids is 4. The minimum Gasteiger partial charge on any atom is -0.427 e. The zero-order valence-electron chi connectivity index (χ0n) is 19.8. The van der Waals surface area contributed by atoms with Gasteiger partial charge in [-0.3, -0.25) is 14.4 Å². The van der Waals surface area contributed by atoms with Crippen molar-refractivity contribution in [3.05, 3.63) is 35.5 Å². The van der Waals surface area contributed by atoms with Gasteiger partial charge in [-0.05, 0) is 57.4 Å². The number of hydrogen-bond donors (Lipinski definition) is 3. The molecule has 1 aromatic carbocycles. The van der Waals surface area contributed by atoms with Crippen molar-refractivity contribution < 1.29 is 33.8 Å². The smallest absolute Gasteiger partial charge is 0.358 e. The lowest BCUT2D eigenvalue weighted by Crippen LogP contribution is -2.61. The summed E-state index contributed by atoms with van der Waals surface area (Å²) < 4.78 is 10.2. The molecule has 3 rings (SSSR count). The first-order valence-corrected chi connectivity index (χ1v) is 11.1. The molecule has 10 heteroatoms. The second-order valence-electron chi connectivity index (χ2n) is 9.53. The maximum Gasteiger partial charge on any atom is 0.358 e. The number of aliphatic hydroxyl groups excluding tert-OH is 1. The summed E-state index contributed by atoms with van der Waals surface area (Å²) in [6, 6.07) is 6.82. The van der Waals surface area contributed by atoms with Gasteiger partial charge in [0.25, 0.3) is 0 Å². The van der Waals surface area contributed by atoms with E-state index in [0.717, 1.165) is 5.69 Å². The van der Waals surface area contributed by atoms with Crippen LogP contribution in [-0.2, 0) is 28.7 Å². The van der Waals surface area contributed by atoms with Crippen LogP contribution in [-0.4, -0.2) is 59.2 Å². The number of nitrogens with zero attached hydrogens (tertiary/aromatic N) is 1. The largest absolute Gasteiger partial charge is 0.427 e. The summed E-state index contributed by atoms with van der Waals surface area (Å²) >= 11 is 0. The van der Waals surface area contributed by atoms with E-state index >= 15 is 0 Å². The lowest BCUT2D eigenvalue weighted by Gasteiger charge is -2.44. The molecule has 3 atom stereocenters. The van der Waals surface area contributed by atoms with Gasteiger partial charge in [0.15, 0.2) is 0 Å². The van der Waals surface area contributed by atoms with Crippen LogP contribution in [0.1, 0.15) is 46.1 Å². The van der Waals surface area contributed by atoms with Crippen LogP contribution in [0, 0.1) is 11.3 Å². The van der Waals surface area contributed by atoms with Gasteiger partial charge in [-0.15, -0.1) is 0 Å². The Balaban J connectivity index is 1.80. The standard InChI is InChI=1S/C24H31N3O7/c1-13(28)19-17-11-16(14-5-7-15(8-6-14)26-10-9-18(25)29)20(27(17)21(19)30)22(31)33-12-34-23(32)24(2,3)4/h5-8,13,17,19,26,28H,9-12H2,1-4H3,(H2,25,29)/t13-,17-,19-/m1/s1. The number of rotatable bonds is 9. The van der Waals surface area contributed by atoms with Gasteiger partial charge in [0, 0.05) is 18.7 Å². The number of aliphatic hydroxyl groups is 1. The third-order valence-corrected chi connectivity index (χ3v) is 5.85. The fourth-order valence-corrected chi connectivity index (χ4v) is 4.06. The molecule has 184 valence electrons. The molecular weight excluding hydrogens is 442 g/mol. The summed E-state index contributed by atoms with van der Waals surface area (Å²) in [5, 5.41) is 13.1. The molecule has 2 amide bonds. The molecular formula is C24H31N3O7. The first kappa shape index (κ1) is 25.2. The van der Waals surface area contributed by atoms with E-state index in [1.54, 1.807) is 52.0 Å². The molecule has 1 aromatic rings. The van der Waals surface area contributed by atoms with Gasteiger partial charge in [-0.2, -0.15) is 0 Å². The van der Waals surface area contributed by atoms with E-state index in [2.05, 4.69) is 5.32 Å². The average molecular weight is 474 g/mol.